The lowest BCUT2D eigenvalue weighted by Gasteiger charge is -2.31. The molecule has 8 nitrogen and oxygen atoms in total. The maximum atomic E-state index is 9.63. The molecule has 1 saturated heterocycles. The summed E-state index contributed by atoms with van der Waals surface area (Å²) < 4.78 is 5.70. The van der Waals surface area contributed by atoms with E-state index in [9.17, 15) is 5.11 Å². The molecule has 1 aliphatic heterocycles. The van der Waals surface area contributed by atoms with E-state index in [-0.39, 0.29) is 13.2 Å². The molecule has 0 radical (unpaired) electrons. The van der Waals surface area contributed by atoms with E-state index in [2.05, 4.69) is 37.5 Å². The molecular formula is C19H23N5O3. The minimum atomic E-state index is -0.954. The van der Waals surface area contributed by atoms with E-state index >= 15 is 0 Å². The fourth-order valence-corrected chi connectivity index (χ4v) is 3.33. The third-order valence-corrected chi connectivity index (χ3v) is 4.67. The molecule has 1 aliphatic rings. The van der Waals surface area contributed by atoms with Crippen LogP contribution in [0.15, 0.2) is 36.5 Å². The normalized spacial score (nSPS) is 15.9. The number of hydrogen-bond acceptors (Lipinski definition) is 7. The molecule has 1 atom stereocenters. The van der Waals surface area contributed by atoms with Gasteiger partial charge in [-0.3, -0.25) is 5.10 Å². The maximum absolute atomic E-state index is 9.63. The van der Waals surface area contributed by atoms with Crippen LogP contribution in [0.1, 0.15) is 0 Å². The van der Waals surface area contributed by atoms with Gasteiger partial charge < -0.3 is 25.2 Å². The van der Waals surface area contributed by atoms with Gasteiger partial charge in [0.05, 0.1) is 12.3 Å². The van der Waals surface area contributed by atoms with Crippen molar-refractivity contribution in [1.82, 2.24) is 20.5 Å². The van der Waals surface area contributed by atoms with Gasteiger partial charge in [-0.05, 0) is 5.56 Å². The predicted octanol–water partition coefficient (Wildman–Crippen LogP) is 0.766. The summed E-state index contributed by atoms with van der Waals surface area (Å²) >= 11 is 0. The van der Waals surface area contributed by atoms with Crippen LogP contribution in [0.3, 0.4) is 0 Å². The Hall–Kier alpha value is -2.68. The molecule has 1 fully saturated rings. The average molecular weight is 369 g/mol. The second-order valence-electron chi connectivity index (χ2n) is 6.52. The van der Waals surface area contributed by atoms with Crippen LogP contribution in [0.25, 0.3) is 22.2 Å². The highest BCUT2D eigenvalue weighted by Gasteiger charge is 2.23. The maximum Gasteiger partial charge on any atom is 0.244 e. The van der Waals surface area contributed by atoms with E-state index in [1.54, 1.807) is 0 Å². The molecule has 2 aromatic heterocycles. The Kier molecular flexibility index (Phi) is 5.19. The van der Waals surface area contributed by atoms with Crippen molar-refractivity contribution in [2.24, 2.45) is 0 Å². The fourth-order valence-electron chi connectivity index (χ4n) is 3.33. The van der Waals surface area contributed by atoms with Gasteiger partial charge in [-0.25, -0.2) is 4.98 Å². The van der Waals surface area contributed by atoms with Crippen molar-refractivity contribution >= 4 is 16.7 Å². The van der Waals surface area contributed by atoms with E-state index in [4.69, 9.17) is 9.84 Å². The summed E-state index contributed by atoms with van der Waals surface area (Å²) in [5, 5.41) is 30.0. The van der Waals surface area contributed by atoms with Crippen LogP contribution in [0.2, 0.25) is 0 Å². The zero-order valence-corrected chi connectivity index (χ0v) is 14.9. The zero-order chi connectivity index (χ0) is 18.6. The highest BCUT2D eigenvalue weighted by molar-refractivity contribution is 6.01. The van der Waals surface area contributed by atoms with Crippen molar-refractivity contribution < 1.29 is 14.9 Å². The summed E-state index contributed by atoms with van der Waals surface area (Å²) in [6.45, 7) is 3.13. The Labute approximate surface area is 156 Å². The van der Waals surface area contributed by atoms with E-state index in [0.717, 1.165) is 48.4 Å². The second-order valence-corrected chi connectivity index (χ2v) is 6.52. The molecule has 3 heterocycles. The molecule has 4 rings (SSSR count). The van der Waals surface area contributed by atoms with Crippen LogP contribution >= 0.6 is 0 Å². The number of hydrogen-bond donors (Lipinski definition) is 4. The summed E-state index contributed by atoms with van der Waals surface area (Å²) in [4.78, 5) is 6.84. The highest BCUT2D eigenvalue weighted by atomic mass is 16.5. The van der Waals surface area contributed by atoms with Crippen LogP contribution in [-0.4, -0.2) is 70.9 Å². The first kappa shape index (κ1) is 17.7. The Balaban J connectivity index is 1.84. The topological polar surface area (TPSA) is 107 Å². The van der Waals surface area contributed by atoms with Crippen molar-refractivity contribution in [1.29, 1.82) is 0 Å². The summed E-state index contributed by atoms with van der Waals surface area (Å²) in [6, 6.07) is 10.1. The summed E-state index contributed by atoms with van der Waals surface area (Å²) in [7, 11) is 0. The molecule has 3 aromatic rings. The van der Waals surface area contributed by atoms with Crippen molar-refractivity contribution in [3.63, 3.8) is 0 Å². The van der Waals surface area contributed by atoms with Crippen molar-refractivity contribution in [2.45, 2.75) is 6.10 Å². The number of fused-ring (bicyclic) bond motifs is 1. The van der Waals surface area contributed by atoms with Crippen LogP contribution in [0.5, 0.6) is 5.88 Å². The van der Waals surface area contributed by atoms with E-state index in [0.29, 0.717) is 11.5 Å². The number of aliphatic hydroxyl groups excluding tert-OH is 2. The highest BCUT2D eigenvalue weighted by Crippen LogP contribution is 2.40. The first-order chi connectivity index (χ1) is 13.3. The number of ether oxygens (including phenoxy) is 1. The molecule has 27 heavy (non-hydrogen) atoms. The quantitative estimate of drug-likeness (QED) is 0.508. The Morgan fingerprint density at radius 1 is 1.19 bits per heavy atom. The van der Waals surface area contributed by atoms with E-state index in [1.165, 1.54) is 0 Å². The van der Waals surface area contributed by atoms with Crippen LogP contribution in [0.4, 0.5) is 5.69 Å². The minimum absolute atomic E-state index is 0.0347. The standard InChI is InChI=1S/C19H23N5O3/c25-11-14(26)12-27-19-16-17(24-8-6-20-7-9-24)15(10-21-18(16)22-23-19)13-4-2-1-3-5-13/h1-5,10,14,20,25-26H,6-9,11-12H2,(H,21,22,23). The average Bonchev–Trinajstić information content (AvgIpc) is 3.15. The SMILES string of the molecule is OCC(O)COc1n[nH]c2ncc(-c3ccccc3)c(N3CCNCC3)c12. The van der Waals surface area contributed by atoms with Gasteiger partial charge in [0.25, 0.3) is 0 Å². The smallest absolute Gasteiger partial charge is 0.244 e. The van der Waals surface area contributed by atoms with Crippen molar-refractivity contribution in [3.05, 3.63) is 36.5 Å². The number of benzene rings is 1. The van der Waals surface area contributed by atoms with Gasteiger partial charge in [-0.1, -0.05) is 30.3 Å². The van der Waals surface area contributed by atoms with Crippen LogP contribution < -0.4 is 15.0 Å². The van der Waals surface area contributed by atoms with Gasteiger partial charge >= 0.3 is 0 Å². The number of aromatic nitrogens is 3. The number of nitrogens with one attached hydrogen (secondary N) is 2. The lowest BCUT2D eigenvalue weighted by atomic mass is 10.0. The summed E-state index contributed by atoms with van der Waals surface area (Å²) in [5.74, 6) is 0.385. The van der Waals surface area contributed by atoms with Gasteiger partial charge in [0, 0.05) is 37.9 Å². The van der Waals surface area contributed by atoms with Gasteiger partial charge in [-0.2, -0.15) is 0 Å². The molecule has 0 saturated carbocycles. The second kappa shape index (κ2) is 7.91. The number of rotatable bonds is 6. The molecule has 0 amide bonds. The van der Waals surface area contributed by atoms with Crippen molar-refractivity contribution in [3.8, 4) is 17.0 Å². The number of H-pyrrole nitrogens is 1. The van der Waals surface area contributed by atoms with Crippen LogP contribution in [-0.2, 0) is 0 Å². The van der Waals surface area contributed by atoms with Gasteiger partial charge in [0.15, 0.2) is 5.65 Å². The molecule has 0 bridgehead atoms. The number of aromatic amines is 1. The summed E-state index contributed by atoms with van der Waals surface area (Å²) in [6.07, 6.45) is 0.907. The number of aliphatic hydroxyl groups is 2. The van der Waals surface area contributed by atoms with Gasteiger partial charge in [-0.15, -0.1) is 5.10 Å². The lowest BCUT2D eigenvalue weighted by molar-refractivity contribution is 0.0526. The van der Waals surface area contributed by atoms with Crippen molar-refractivity contribution in [2.75, 3.05) is 44.3 Å². The molecule has 1 unspecified atom stereocenters. The molecule has 0 spiro atoms. The zero-order valence-electron chi connectivity index (χ0n) is 14.9. The molecular weight excluding hydrogens is 346 g/mol. The van der Waals surface area contributed by atoms with E-state index < -0.39 is 6.10 Å². The number of piperazine rings is 1. The Morgan fingerprint density at radius 3 is 2.70 bits per heavy atom. The van der Waals surface area contributed by atoms with Gasteiger partial charge in [0.1, 0.15) is 18.1 Å². The molecule has 1 aromatic carbocycles. The monoisotopic (exact) mass is 369 g/mol. The van der Waals surface area contributed by atoms with Crippen LogP contribution in [0, 0.1) is 0 Å². The lowest BCUT2D eigenvalue weighted by Crippen LogP contribution is -2.43. The molecule has 8 heteroatoms. The number of pyridine rings is 1. The first-order valence-corrected chi connectivity index (χ1v) is 9.08. The van der Waals surface area contributed by atoms with Gasteiger partial charge in [0.2, 0.25) is 5.88 Å². The molecule has 4 N–H and O–H groups in total. The number of nitrogens with zero attached hydrogens (tertiary/aromatic N) is 3. The first-order valence-electron chi connectivity index (χ1n) is 9.08. The Bertz CT molecular complexity index is 893. The third kappa shape index (κ3) is 3.59. The Morgan fingerprint density at radius 2 is 1.96 bits per heavy atom. The molecule has 142 valence electrons. The number of anilines is 1. The minimum Gasteiger partial charge on any atom is -0.473 e. The third-order valence-electron chi connectivity index (χ3n) is 4.67. The molecule has 0 aliphatic carbocycles. The fraction of sp³-hybridized carbons (Fsp3) is 0.368. The van der Waals surface area contributed by atoms with E-state index in [1.807, 2.05) is 24.4 Å². The summed E-state index contributed by atoms with van der Waals surface area (Å²) in [5.41, 5.74) is 3.74. The largest absolute Gasteiger partial charge is 0.473 e. The predicted molar refractivity (Wildman–Crippen MR) is 103 cm³/mol.